The smallest absolute Gasteiger partial charge is 0.322 e. The Balaban J connectivity index is 2.42. The van der Waals surface area contributed by atoms with Crippen LogP contribution in [0.4, 0.5) is 4.79 Å². The van der Waals surface area contributed by atoms with Crippen molar-refractivity contribution < 1.29 is 9.59 Å². The maximum Gasteiger partial charge on any atom is 0.324 e. The van der Waals surface area contributed by atoms with Gasteiger partial charge in [-0.05, 0) is 19.4 Å². The molecular weight excluding hydrogens is 206 g/mol. The maximum atomic E-state index is 12.3. The minimum absolute atomic E-state index is 0.0802. The van der Waals surface area contributed by atoms with Crippen molar-refractivity contribution in [1.82, 2.24) is 15.5 Å². The Bertz CT molecular complexity index is 344. The van der Waals surface area contributed by atoms with Crippen LogP contribution >= 0.6 is 0 Å². The number of nitrogens with zero attached hydrogens (tertiary/aromatic N) is 1. The number of nitrogens with one attached hydrogen (secondary N) is 2. The average Bonchev–Trinajstić information content (AvgIpc) is 2.49. The van der Waals surface area contributed by atoms with Crippen molar-refractivity contribution in [3.8, 4) is 0 Å². The van der Waals surface area contributed by atoms with Gasteiger partial charge in [-0.25, -0.2) is 4.79 Å². The van der Waals surface area contributed by atoms with Gasteiger partial charge in [-0.3, -0.25) is 9.69 Å². The number of imide groups is 1. The highest BCUT2D eigenvalue weighted by Crippen LogP contribution is 2.42. The fourth-order valence-corrected chi connectivity index (χ4v) is 2.80. The van der Waals surface area contributed by atoms with Gasteiger partial charge in [-0.15, -0.1) is 0 Å². The highest BCUT2D eigenvalue weighted by molar-refractivity contribution is 6.07. The van der Waals surface area contributed by atoms with E-state index in [-0.39, 0.29) is 17.4 Å². The molecular formula is C11H19N3O2. The van der Waals surface area contributed by atoms with E-state index in [0.29, 0.717) is 6.42 Å². The third kappa shape index (κ3) is 1.21. The molecule has 0 aromatic heterocycles. The Kier molecular flexibility index (Phi) is 2.45. The van der Waals surface area contributed by atoms with Crippen LogP contribution in [-0.2, 0) is 4.79 Å². The van der Waals surface area contributed by atoms with E-state index in [1.807, 2.05) is 0 Å². The van der Waals surface area contributed by atoms with Crippen molar-refractivity contribution in [2.45, 2.75) is 32.2 Å². The lowest BCUT2D eigenvalue weighted by atomic mass is 9.65. The Morgan fingerprint density at radius 2 is 2.12 bits per heavy atom. The number of amides is 3. The van der Waals surface area contributed by atoms with E-state index in [4.69, 9.17) is 0 Å². The van der Waals surface area contributed by atoms with Gasteiger partial charge in [0.15, 0.2) is 0 Å². The van der Waals surface area contributed by atoms with Crippen LogP contribution in [0, 0.1) is 5.41 Å². The Labute approximate surface area is 95.6 Å². The van der Waals surface area contributed by atoms with Crippen molar-refractivity contribution in [3.63, 3.8) is 0 Å². The number of hydrogen-bond acceptors (Lipinski definition) is 3. The van der Waals surface area contributed by atoms with Gasteiger partial charge in [0.2, 0.25) is 0 Å². The predicted octanol–water partition coefficient (Wildman–Crippen LogP) is 0.316. The second-order valence-electron chi connectivity index (χ2n) is 5.04. The number of hydrogen-bond donors (Lipinski definition) is 2. The summed E-state index contributed by atoms with van der Waals surface area (Å²) >= 11 is 0. The van der Waals surface area contributed by atoms with Crippen LogP contribution in [-0.4, -0.2) is 42.5 Å². The zero-order valence-electron chi connectivity index (χ0n) is 10.1. The van der Waals surface area contributed by atoms with Crippen LogP contribution < -0.4 is 10.6 Å². The summed E-state index contributed by atoms with van der Waals surface area (Å²) in [4.78, 5) is 25.1. The van der Waals surface area contributed by atoms with Crippen LogP contribution in [0.25, 0.3) is 0 Å². The molecule has 2 atom stereocenters. The van der Waals surface area contributed by atoms with Crippen molar-refractivity contribution in [2.24, 2.45) is 5.41 Å². The van der Waals surface area contributed by atoms with Crippen molar-refractivity contribution in [3.05, 3.63) is 0 Å². The topological polar surface area (TPSA) is 61.4 Å². The first-order valence-electron chi connectivity index (χ1n) is 5.78. The SMILES string of the molecule is CCC1(C)CNCCC12NC(=O)N(C)C2=O. The fourth-order valence-electron chi connectivity index (χ4n) is 2.80. The molecule has 0 aromatic rings. The monoisotopic (exact) mass is 225 g/mol. The number of rotatable bonds is 1. The summed E-state index contributed by atoms with van der Waals surface area (Å²) in [7, 11) is 1.55. The molecule has 0 bridgehead atoms. The van der Waals surface area contributed by atoms with Gasteiger partial charge in [0.1, 0.15) is 5.54 Å². The summed E-state index contributed by atoms with van der Waals surface area (Å²) in [6.45, 7) is 5.67. The number of carbonyl (C=O) groups is 2. The number of piperidine rings is 1. The molecule has 2 unspecified atom stereocenters. The lowest BCUT2D eigenvalue weighted by Gasteiger charge is -2.47. The minimum Gasteiger partial charge on any atom is -0.322 e. The van der Waals surface area contributed by atoms with Crippen molar-refractivity contribution >= 4 is 11.9 Å². The van der Waals surface area contributed by atoms with Gasteiger partial charge in [0.05, 0.1) is 0 Å². The molecule has 1 spiro atoms. The minimum atomic E-state index is -0.696. The van der Waals surface area contributed by atoms with Crippen LogP contribution in [0.15, 0.2) is 0 Å². The largest absolute Gasteiger partial charge is 0.324 e. The van der Waals surface area contributed by atoms with Crippen LogP contribution in [0.1, 0.15) is 26.7 Å². The molecule has 2 N–H and O–H groups in total. The second-order valence-corrected chi connectivity index (χ2v) is 5.04. The molecule has 0 aromatic carbocycles. The van der Waals surface area contributed by atoms with E-state index in [1.165, 1.54) is 4.90 Å². The zero-order valence-corrected chi connectivity index (χ0v) is 10.1. The summed E-state index contributed by atoms with van der Waals surface area (Å²) in [5.74, 6) is -0.0802. The third-order valence-corrected chi connectivity index (χ3v) is 4.30. The molecule has 3 amide bonds. The van der Waals surface area contributed by atoms with Crippen LogP contribution in [0.3, 0.4) is 0 Å². The van der Waals surface area contributed by atoms with E-state index in [1.54, 1.807) is 7.05 Å². The predicted molar refractivity (Wildman–Crippen MR) is 59.9 cm³/mol. The average molecular weight is 225 g/mol. The zero-order chi connectivity index (χ0) is 12.0. The lowest BCUT2D eigenvalue weighted by molar-refractivity contribution is -0.136. The molecule has 2 aliphatic rings. The normalized spacial score (nSPS) is 39.3. The number of likely N-dealkylation sites (N-methyl/N-ethyl adjacent to an activating group) is 1. The summed E-state index contributed by atoms with van der Waals surface area (Å²) in [5, 5.41) is 6.21. The van der Waals surface area contributed by atoms with Gasteiger partial charge in [-0.2, -0.15) is 0 Å². The Hall–Kier alpha value is -1.10. The van der Waals surface area contributed by atoms with Gasteiger partial charge >= 0.3 is 6.03 Å². The molecule has 0 radical (unpaired) electrons. The third-order valence-electron chi connectivity index (χ3n) is 4.30. The first-order valence-corrected chi connectivity index (χ1v) is 5.78. The number of urea groups is 1. The summed E-state index contributed by atoms with van der Waals surface area (Å²) < 4.78 is 0. The molecule has 5 heteroatoms. The van der Waals surface area contributed by atoms with E-state index in [0.717, 1.165) is 19.5 Å². The molecule has 0 saturated carbocycles. The standard InChI is InChI=1S/C11H19N3O2/c1-4-10(2)7-12-6-5-11(10)8(15)14(3)9(16)13-11/h12H,4-7H2,1-3H3,(H,13,16). The molecule has 2 heterocycles. The highest BCUT2D eigenvalue weighted by atomic mass is 16.2. The number of carbonyl (C=O) groups excluding carboxylic acids is 2. The van der Waals surface area contributed by atoms with Crippen LogP contribution in [0.5, 0.6) is 0 Å². The van der Waals surface area contributed by atoms with E-state index in [9.17, 15) is 9.59 Å². The molecule has 2 rings (SSSR count). The Morgan fingerprint density at radius 3 is 2.62 bits per heavy atom. The first kappa shape index (κ1) is 11.4. The highest BCUT2D eigenvalue weighted by Gasteiger charge is 2.60. The molecule has 2 aliphatic heterocycles. The maximum absolute atomic E-state index is 12.3. The van der Waals surface area contributed by atoms with Gasteiger partial charge in [0.25, 0.3) is 5.91 Å². The molecule has 5 nitrogen and oxygen atoms in total. The van der Waals surface area contributed by atoms with Crippen molar-refractivity contribution in [1.29, 1.82) is 0 Å². The molecule has 2 fully saturated rings. The first-order chi connectivity index (χ1) is 7.47. The molecule has 90 valence electrons. The van der Waals surface area contributed by atoms with Crippen molar-refractivity contribution in [2.75, 3.05) is 20.1 Å². The Morgan fingerprint density at radius 1 is 1.44 bits per heavy atom. The fraction of sp³-hybridized carbons (Fsp3) is 0.818. The lowest BCUT2D eigenvalue weighted by Crippen LogP contribution is -2.66. The van der Waals surface area contributed by atoms with Gasteiger partial charge < -0.3 is 10.6 Å². The molecule has 16 heavy (non-hydrogen) atoms. The quantitative estimate of drug-likeness (QED) is 0.632. The summed E-state index contributed by atoms with van der Waals surface area (Å²) in [5.41, 5.74) is -0.901. The van der Waals surface area contributed by atoms with Gasteiger partial charge in [-0.1, -0.05) is 13.8 Å². The summed E-state index contributed by atoms with van der Waals surface area (Å²) in [6.07, 6.45) is 1.53. The van der Waals surface area contributed by atoms with Crippen LogP contribution in [0.2, 0.25) is 0 Å². The molecule has 0 aliphatic carbocycles. The second kappa shape index (κ2) is 3.45. The van der Waals surface area contributed by atoms with Gasteiger partial charge in [0, 0.05) is 19.0 Å². The molecule has 2 saturated heterocycles. The van der Waals surface area contributed by atoms with E-state index >= 15 is 0 Å². The summed E-state index contributed by atoms with van der Waals surface area (Å²) in [6, 6.07) is -0.272. The van der Waals surface area contributed by atoms with E-state index in [2.05, 4.69) is 24.5 Å². The van der Waals surface area contributed by atoms with E-state index < -0.39 is 5.54 Å².